The van der Waals surface area contributed by atoms with Gasteiger partial charge in [-0.05, 0) is 24.6 Å². The van der Waals surface area contributed by atoms with Gasteiger partial charge in [0.25, 0.3) is 0 Å². The first-order valence-corrected chi connectivity index (χ1v) is 4.93. The molecule has 0 spiro atoms. The summed E-state index contributed by atoms with van der Waals surface area (Å²) in [7, 11) is 0. The molecule has 2 N–H and O–H groups in total. The van der Waals surface area contributed by atoms with Gasteiger partial charge in [-0.3, -0.25) is 0 Å². The van der Waals surface area contributed by atoms with E-state index in [-0.39, 0.29) is 25.1 Å². The molecule has 1 atom stereocenters. The minimum atomic E-state index is -0.634. The molecule has 5 heteroatoms. The number of aliphatic hydroxyl groups excluding tert-OH is 1. The second kappa shape index (κ2) is 6.07. The standard InChI is InChI=1S/C11H14FNO3/c1-8(13-11(15)16-6-5-14)9-3-2-4-10(12)7-9/h2-4,7-8,14H,5-6H2,1H3,(H,13,15). The number of amides is 1. The number of carbonyl (C=O) groups excluding carboxylic acids is 1. The van der Waals surface area contributed by atoms with E-state index in [2.05, 4.69) is 10.1 Å². The van der Waals surface area contributed by atoms with Crippen LogP contribution in [0.3, 0.4) is 0 Å². The Balaban J connectivity index is 2.52. The summed E-state index contributed by atoms with van der Waals surface area (Å²) in [5.41, 5.74) is 0.654. The van der Waals surface area contributed by atoms with E-state index >= 15 is 0 Å². The summed E-state index contributed by atoms with van der Waals surface area (Å²) >= 11 is 0. The highest BCUT2D eigenvalue weighted by atomic mass is 19.1. The number of nitrogens with one attached hydrogen (secondary N) is 1. The van der Waals surface area contributed by atoms with Crippen molar-refractivity contribution in [1.29, 1.82) is 0 Å². The minimum absolute atomic E-state index is 0.0539. The first-order valence-electron chi connectivity index (χ1n) is 4.93. The van der Waals surface area contributed by atoms with Crippen LogP contribution in [0, 0.1) is 5.82 Å². The summed E-state index contributed by atoms with van der Waals surface area (Å²) in [6.45, 7) is 1.44. The second-order valence-electron chi connectivity index (χ2n) is 3.28. The van der Waals surface area contributed by atoms with Crippen molar-refractivity contribution in [2.75, 3.05) is 13.2 Å². The highest BCUT2D eigenvalue weighted by molar-refractivity contribution is 5.67. The molecule has 1 rings (SSSR count). The van der Waals surface area contributed by atoms with Gasteiger partial charge in [-0.1, -0.05) is 12.1 Å². The summed E-state index contributed by atoms with van der Waals surface area (Å²) in [6.07, 6.45) is -0.634. The lowest BCUT2D eigenvalue weighted by molar-refractivity contribution is 0.116. The SMILES string of the molecule is CC(NC(=O)OCCO)c1cccc(F)c1. The molecular formula is C11H14FNO3. The molecule has 1 amide bonds. The van der Waals surface area contributed by atoms with Crippen LogP contribution in [0.2, 0.25) is 0 Å². The Morgan fingerprint density at radius 1 is 1.62 bits per heavy atom. The third-order valence-corrected chi connectivity index (χ3v) is 2.01. The summed E-state index contributed by atoms with van der Waals surface area (Å²) in [4.78, 5) is 11.1. The zero-order valence-electron chi connectivity index (χ0n) is 8.94. The van der Waals surface area contributed by atoms with Crippen molar-refractivity contribution < 1.29 is 19.0 Å². The van der Waals surface area contributed by atoms with E-state index in [9.17, 15) is 9.18 Å². The Morgan fingerprint density at radius 2 is 2.38 bits per heavy atom. The van der Waals surface area contributed by atoms with E-state index in [1.54, 1.807) is 19.1 Å². The van der Waals surface area contributed by atoms with E-state index in [0.717, 1.165) is 0 Å². The molecule has 16 heavy (non-hydrogen) atoms. The van der Waals surface area contributed by atoms with E-state index in [0.29, 0.717) is 5.56 Å². The highest BCUT2D eigenvalue weighted by Gasteiger charge is 2.10. The molecule has 1 aromatic rings. The van der Waals surface area contributed by atoms with Gasteiger partial charge in [-0.2, -0.15) is 0 Å². The predicted octanol–water partition coefficient (Wildman–Crippen LogP) is 1.61. The van der Waals surface area contributed by atoms with E-state index in [1.165, 1.54) is 12.1 Å². The van der Waals surface area contributed by atoms with E-state index in [1.807, 2.05) is 0 Å². The molecule has 0 aliphatic rings. The largest absolute Gasteiger partial charge is 0.447 e. The van der Waals surface area contributed by atoms with Crippen molar-refractivity contribution in [3.8, 4) is 0 Å². The zero-order chi connectivity index (χ0) is 12.0. The van der Waals surface area contributed by atoms with Crippen LogP contribution in [-0.4, -0.2) is 24.4 Å². The number of alkyl carbamates (subject to hydrolysis) is 1. The summed E-state index contributed by atoms with van der Waals surface area (Å²) in [5, 5.41) is 11.0. The van der Waals surface area contributed by atoms with Crippen LogP contribution in [0.25, 0.3) is 0 Å². The molecule has 1 unspecified atom stereocenters. The summed E-state index contributed by atoms with van der Waals surface area (Å²) in [6, 6.07) is 5.61. The summed E-state index contributed by atoms with van der Waals surface area (Å²) in [5.74, 6) is -0.352. The lowest BCUT2D eigenvalue weighted by Crippen LogP contribution is -2.28. The second-order valence-corrected chi connectivity index (χ2v) is 3.28. The molecule has 0 aliphatic carbocycles. The van der Waals surface area contributed by atoms with Crippen LogP contribution in [0.15, 0.2) is 24.3 Å². The molecule has 0 heterocycles. The minimum Gasteiger partial charge on any atom is -0.447 e. The first kappa shape index (κ1) is 12.4. The number of hydrogen-bond acceptors (Lipinski definition) is 3. The molecule has 0 aliphatic heterocycles. The van der Waals surface area contributed by atoms with Gasteiger partial charge in [-0.25, -0.2) is 9.18 Å². The third kappa shape index (κ3) is 3.86. The van der Waals surface area contributed by atoms with Crippen molar-refractivity contribution in [2.24, 2.45) is 0 Å². The van der Waals surface area contributed by atoms with Gasteiger partial charge < -0.3 is 15.2 Å². The predicted molar refractivity (Wildman–Crippen MR) is 56.4 cm³/mol. The fraction of sp³-hybridized carbons (Fsp3) is 0.364. The molecule has 0 radical (unpaired) electrons. The van der Waals surface area contributed by atoms with Gasteiger partial charge in [0, 0.05) is 0 Å². The Labute approximate surface area is 93.0 Å². The number of halogens is 1. The van der Waals surface area contributed by atoms with E-state index in [4.69, 9.17) is 5.11 Å². The molecule has 0 fully saturated rings. The molecule has 88 valence electrons. The van der Waals surface area contributed by atoms with Crippen molar-refractivity contribution >= 4 is 6.09 Å². The van der Waals surface area contributed by atoms with E-state index < -0.39 is 6.09 Å². The number of hydrogen-bond donors (Lipinski definition) is 2. The van der Waals surface area contributed by atoms with Gasteiger partial charge in [0.2, 0.25) is 0 Å². The van der Waals surface area contributed by atoms with Crippen LogP contribution >= 0.6 is 0 Å². The quantitative estimate of drug-likeness (QED) is 0.821. The van der Waals surface area contributed by atoms with Gasteiger partial charge in [0.15, 0.2) is 0 Å². The number of benzene rings is 1. The third-order valence-electron chi connectivity index (χ3n) is 2.01. The Kier molecular flexibility index (Phi) is 4.72. The van der Waals surface area contributed by atoms with Crippen molar-refractivity contribution in [3.63, 3.8) is 0 Å². The highest BCUT2D eigenvalue weighted by Crippen LogP contribution is 2.13. The summed E-state index contributed by atoms with van der Waals surface area (Å²) < 4.78 is 17.5. The number of rotatable bonds is 4. The lowest BCUT2D eigenvalue weighted by Gasteiger charge is -2.14. The maximum absolute atomic E-state index is 12.9. The van der Waals surface area contributed by atoms with Gasteiger partial charge in [0.05, 0.1) is 12.6 Å². The number of carbonyl (C=O) groups is 1. The number of ether oxygens (including phenoxy) is 1. The average Bonchev–Trinajstić information content (AvgIpc) is 2.26. The Hall–Kier alpha value is -1.62. The number of aliphatic hydroxyl groups is 1. The maximum Gasteiger partial charge on any atom is 0.407 e. The van der Waals surface area contributed by atoms with Crippen LogP contribution in [0.1, 0.15) is 18.5 Å². The molecule has 1 aromatic carbocycles. The maximum atomic E-state index is 12.9. The van der Waals surface area contributed by atoms with Gasteiger partial charge in [0.1, 0.15) is 12.4 Å². The Morgan fingerprint density at radius 3 is 3.00 bits per heavy atom. The van der Waals surface area contributed by atoms with Crippen molar-refractivity contribution in [1.82, 2.24) is 5.32 Å². The van der Waals surface area contributed by atoms with Crippen LogP contribution in [0.4, 0.5) is 9.18 Å². The lowest BCUT2D eigenvalue weighted by atomic mass is 10.1. The molecule has 0 bridgehead atoms. The van der Waals surface area contributed by atoms with Crippen molar-refractivity contribution in [2.45, 2.75) is 13.0 Å². The van der Waals surface area contributed by atoms with Crippen LogP contribution in [0.5, 0.6) is 0 Å². The van der Waals surface area contributed by atoms with Gasteiger partial charge in [-0.15, -0.1) is 0 Å². The fourth-order valence-electron chi connectivity index (χ4n) is 1.22. The smallest absolute Gasteiger partial charge is 0.407 e. The molecule has 0 saturated heterocycles. The molecule has 4 nitrogen and oxygen atoms in total. The molecule has 0 saturated carbocycles. The van der Waals surface area contributed by atoms with Crippen LogP contribution < -0.4 is 5.32 Å². The van der Waals surface area contributed by atoms with Gasteiger partial charge >= 0.3 is 6.09 Å². The van der Waals surface area contributed by atoms with Crippen LogP contribution in [-0.2, 0) is 4.74 Å². The Bertz CT molecular complexity index is 357. The first-order chi connectivity index (χ1) is 7.63. The zero-order valence-corrected chi connectivity index (χ0v) is 8.94. The monoisotopic (exact) mass is 227 g/mol. The topological polar surface area (TPSA) is 58.6 Å². The molecular weight excluding hydrogens is 213 g/mol. The molecule has 0 aromatic heterocycles. The average molecular weight is 227 g/mol. The fourth-order valence-corrected chi connectivity index (χ4v) is 1.22. The normalized spacial score (nSPS) is 11.9. The van der Waals surface area contributed by atoms with Crippen molar-refractivity contribution in [3.05, 3.63) is 35.6 Å².